The van der Waals surface area contributed by atoms with E-state index in [1.54, 1.807) is 0 Å². The Morgan fingerprint density at radius 3 is 1.69 bits per heavy atom. The minimum atomic E-state index is 0. The molecule has 2 aliphatic rings. The monoisotopic (exact) mass is 286 g/mol. The van der Waals surface area contributed by atoms with Crippen LogP contribution in [-0.4, -0.2) is 5.88 Å². The molecular weight excluding hydrogens is 259 g/mol. The van der Waals surface area contributed by atoms with Crippen LogP contribution in [0.15, 0.2) is 0 Å². The van der Waals surface area contributed by atoms with Gasteiger partial charge in [0, 0.05) is 22.9 Å². The average Bonchev–Trinajstić information content (AvgIpc) is 2.94. The maximum absolute atomic E-state index is 5.59. The molecule has 0 aliphatic heterocycles. The molecule has 0 unspecified atom stereocenters. The van der Waals surface area contributed by atoms with E-state index in [0.717, 1.165) is 11.8 Å². The van der Waals surface area contributed by atoms with Crippen LogP contribution in [-0.2, 0) is 17.1 Å². The SMILES string of the molecule is C1CCCC1.ClCCCCC1CCCC1.[Fe]. The molecule has 0 saturated heterocycles. The number of hydrogen-bond acceptors (Lipinski definition) is 0. The third-order valence-corrected chi connectivity index (χ3v) is 3.99. The summed E-state index contributed by atoms with van der Waals surface area (Å²) >= 11 is 5.59. The van der Waals surface area contributed by atoms with Crippen LogP contribution >= 0.6 is 11.6 Å². The molecule has 2 heteroatoms. The molecule has 2 aliphatic carbocycles. The molecule has 0 N–H and O–H groups in total. The zero-order valence-corrected chi connectivity index (χ0v) is 12.4. The predicted octanol–water partition coefficient (Wildman–Crippen LogP) is 5.53. The summed E-state index contributed by atoms with van der Waals surface area (Å²) in [7, 11) is 0. The molecule has 2 rings (SSSR count). The maximum Gasteiger partial charge on any atom is 0.0223 e. The summed E-state index contributed by atoms with van der Waals surface area (Å²) in [4.78, 5) is 0. The average molecular weight is 287 g/mol. The Morgan fingerprint density at radius 2 is 1.25 bits per heavy atom. The first-order chi connectivity index (χ1) is 7.43. The van der Waals surface area contributed by atoms with Gasteiger partial charge >= 0.3 is 0 Å². The Kier molecular flexibility index (Phi) is 12.9. The van der Waals surface area contributed by atoms with Crippen molar-refractivity contribution in [3.63, 3.8) is 0 Å². The summed E-state index contributed by atoms with van der Waals surface area (Å²) in [6.45, 7) is 0. The molecule has 0 aromatic rings. The Balaban J connectivity index is 0.000000318. The first kappa shape index (κ1) is 16.8. The fourth-order valence-corrected chi connectivity index (χ4v) is 2.90. The van der Waals surface area contributed by atoms with E-state index in [1.807, 2.05) is 0 Å². The van der Waals surface area contributed by atoms with E-state index in [0.29, 0.717) is 0 Å². The number of alkyl halides is 1. The molecular formula is C14H27ClFe. The largest absolute Gasteiger partial charge is 0.127 e. The Morgan fingerprint density at radius 1 is 0.750 bits per heavy atom. The fraction of sp³-hybridized carbons (Fsp3) is 1.00. The third-order valence-electron chi connectivity index (χ3n) is 3.72. The van der Waals surface area contributed by atoms with Gasteiger partial charge in [0.25, 0.3) is 0 Å². The smallest absolute Gasteiger partial charge is 0.0223 e. The molecule has 0 heterocycles. The number of rotatable bonds is 4. The molecule has 0 amide bonds. The summed E-state index contributed by atoms with van der Waals surface area (Å²) < 4.78 is 0. The molecule has 16 heavy (non-hydrogen) atoms. The second-order valence-electron chi connectivity index (χ2n) is 5.10. The van der Waals surface area contributed by atoms with Crippen molar-refractivity contribution in [2.75, 3.05) is 5.88 Å². The predicted molar refractivity (Wildman–Crippen MR) is 69.6 cm³/mol. The summed E-state index contributed by atoms with van der Waals surface area (Å²) in [5.74, 6) is 1.91. The number of hydrogen-bond donors (Lipinski definition) is 0. The van der Waals surface area contributed by atoms with Crippen LogP contribution in [0, 0.1) is 5.92 Å². The van der Waals surface area contributed by atoms with Crippen LogP contribution in [0.2, 0.25) is 0 Å². The molecule has 0 bridgehead atoms. The Hall–Kier alpha value is 0.809. The van der Waals surface area contributed by atoms with Crippen LogP contribution < -0.4 is 0 Å². The van der Waals surface area contributed by atoms with Gasteiger partial charge in [0.1, 0.15) is 0 Å². The summed E-state index contributed by atoms with van der Waals surface area (Å²) in [6, 6.07) is 0. The van der Waals surface area contributed by atoms with Gasteiger partial charge < -0.3 is 0 Å². The minimum absolute atomic E-state index is 0. The second-order valence-corrected chi connectivity index (χ2v) is 5.48. The Labute approximate surface area is 117 Å². The standard InChI is InChI=1S/C9H17Cl.C5H10.Fe/c10-8-4-3-7-9-5-1-2-6-9;1-2-4-5-3-1;/h9H,1-8H2;1-5H2;. The summed E-state index contributed by atoms with van der Waals surface area (Å²) in [5.41, 5.74) is 0. The Bertz CT molecular complexity index is 121. The van der Waals surface area contributed by atoms with Crippen molar-refractivity contribution in [1.82, 2.24) is 0 Å². The van der Waals surface area contributed by atoms with E-state index in [9.17, 15) is 0 Å². The van der Waals surface area contributed by atoms with Crippen LogP contribution in [0.25, 0.3) is 0 Å². The van der Waals surface area contributed by atoms with Gasteiger partial charge in [0.05, 0.1) is 0 Å². The molecule has 2 fully saturated rings. The van der Waals surface area contributed by atoms with Crippen molar-refractivity contribution < 1.29 is 17.1 Å². The van der Waals surface area contributed by atoms with Crippen molar-refractivity contribution in [3.8, 4) is 0 Å². The van der Waals surface area contributed by atoms with Gasteiger partial charge in [0.2, 0.25) is 0 Å². The molecule has 0 atom stereocenters. The van der Waals surface area contributed by atoms with E-state index < -0.39 is 0 Å². The van der Waals surface area contributed by atoms with E-state index in [1.165, 1.54) is 77.0 Å². The summed E-state index contributed by atoms with van der Waals surface area (Å²) in [6.07, 6.45) is 17.4. The zero-order chi connectivity index (χ0) is 10.8. The molecule has 0 nitrogen and oxygen atoms in total. The van der Waals surface area contributed by atoms with Gasteiger partial charge in [0.15, 0.2) is 0 Å². The topological polar surface area (TPSA) is 0 Å². The zero-order valence-electron chi connectivity index (χ0n) is 10.5. The van der Waals surface area contributed by atoms with Crippen LogP contribution in [0.5, 0.6) is 0 Å². The fourth-order valence-electron chi connectivity index (χ4n) is 2.71. The first-order valence-electron chi connectivity index (χ1n) is 6.99. The third kappa shape index (κ3) is 8.90. The van der Waals surface area contributed by atoms with Gasteiger partial charge in [-0.3, -0.25) is 0 Å². The number of unbranched alkanes of at least 4 members (excludes halogenated alkanes) is 1. The van der Waals surface area contributed by atoms with Gasteiger partial charge in [-0.15, -0.1) is 11.6 Å². The maximum atomic E-state index is 5.59. The summed E-state index contributed by atoms with van der Waals surface area (Å²) in [5, 5.41) is 0. The van der Waals surface area contributed by atoms with Crippen LogP contribution in [0.1, 0.15) is 77.0 Å². The van der Waals surface area contributed by atoms with E-state index in [-0.39, 0.29) is 17.1 Å². The van der Waals surface area contributed by atoms with Gasteiger partial charge in [-0.2, -0.15) is 0 Å². The quantitative estimate of drug-likeness (QED) is 0.362. The number of halogens is 1. The second kappa shape index (κ2) is 12.3. The van der Waals surface area contributed by atoms with Crippen molar-refractivity contribution in [2.24, 2.45) is 5.92 Å². The minimum Gasteiger partial charge on any atom is -0.127 e. The van der Waals surface area contributed by atoms with Crippen molar-refractivity contribution in [2.45, 2.75) is 77.0 Å². The molecule has 0 spiro atoms. The van der Waals surface area contributed by atoms with Gasteiger partial charge in [-0.1, -0.05) is 70.6 Å². The van der Waals surface area contributed by atoms with Crippen molar-refractivity contribution >= 4 is 11.6 Å². The van der Waals surface area contributed by atoms with Gasteiger partial charge in [-0.05, 0) is 12.3 Å². The van der Waals surface area contributed by atoms with Crippen LogP contribution in [0.3, 0.4) is 0 Å². The first-order valence-corrected chi connectivity index (χ1v) is 7.53. The molecule has 0 aromatic heterocycles. The van der Waals surface area contributed by atoms with E-state index in [4.69, 9.17) is 11.6 Å². The molecule has 2 saturated carbocycles. The van der Waals surface area contributed by atoms with E-state index in [2.05, 4.69) is 0 Å². The normalized spacial score (nSPS) is 20.1. The van der Waals surface area contributed by atoms with Crippen LogP contribution in [0.4, 0.5) is 0 Å². The molecule has 0 radical (unpaired) electrons. The van der Waals surface area contributed by atoms with Crippen molar-refractivity contribution in [3.05, 3.63) is 0 Å². The van der Waals surface area contributed by atoms with Gasteiger partial charge in [-0.25, -0.2) is 0 Å². The molecule has 98 valence electrons. The van der Waals surface area contributed by atoms with Crippen molar-refractivity contribution in [1.29, 1.82) is 0 Å². The molecule has 0 aromatic carbocycles. The van der Waals surface area contributed by atoms with E-state index >= 15 is 0 Å².